The first kappa shape index (κ1) is 47.3. The molecule has 2 aliphatic carbocycles. The van der Waals surface area contributed by atoms with E-state index in [1.165, 1.54) is 23.5 Å². The molecule has 314 valence electrons. The minimum absolute atomic E-state index is 0.0813. The first-order valence-corrected chi connectivity index (χ1v) is 20.5. The highest BCUT2D eigenvalue weighted by Crippen LogP contribution is 2.35. The van der Waals surface area contributed by atoms with Gasteiger partial charge in [-0.1, -0.05) is 60.6 Å². The van der Waals surface area contributed by atoms with Crippen LogP contribution in [-0.2, 0) is 28.5 Å². The fourth-order valence-corrected chi connectivity index (χ4v) is 7.33. The van der Waals surface area contributed by atoms with Gasteiger partial charge in [0.05, 0.1) is 42.4 Å². The third kappa shape index (κ3) is 13.5. The Morgan fingerprint density at radius 1 is 0.768 bits per heavy atom. The Labute approximate surface area is 341 Å². The summed E-state index contributed by atoms with van der Waals surface area (Å²) in [7, 11) is 0. The van der Waals surface area contributed by atoms with Crippen LogP contribution in [0, 0.1) is 10.1 Å². The smallest absolute Gasteiger partial charge is 0.348 e. The highest BCUT2D eigenvalue weighted by Gasteiger charge is 2.44. The van der Waals surface area contributed by atoms with Gasteiger partial charge in [-0.3, -0.25) is 10.1 Å². The van der Waals surface area contributed by atoms with E-state index in [9.17, 15) is 40.1 Å². The molecule has 0 unspecified atom stereocenters. The van der Waals surface area contributed by atoms with Crippen molar-refractivity contribution in [2.24, 2.45) is 0 Å². The first-order chi connectivity index (χ1) is 26.6. The molecular weight excluding hydrogens is 823 g/mol. The number of hydrogen-bond acceptors (Lipinski definition) is 21. The number of nitrogen functional groups attached to an aromatic ring is 1. The summed E-state index contributed by atoms with van der Waals surface area (Å²) >= 11 is 14.8. The SMILES string of the molecule is CCCSc1nc(Cl)c(N)c(N[C@@H]2C[C@H](OCC(=O)OCC)[C@@H](O)[C@H]2O)n1.CCCSc1nc(Cl)c([N+](=O)[O-])c(N[C@@H]2C[C@H](OCC(=O)OCC)[C@@H](O)[C@H]2O)n1. The second kappa shape index (κ2) is 23.4. The minimum Gasteiger partial charge on any atom is -0.464 e. The minimum atomic E-state index is -1.30. The summed E-state index contributed by atoms with van der Waals surface area (Å²) in [5.74, 6) is 0.532. The predicted molar refractivity (Wildman–Crippen MR) is 208 cm³/mol. The molecule has 2 heterocycles. The zero-order valence-electron chi connectivity index (χ0n) is 31.1. The maximum absolute atomic E-state index is 11.4. The van der Waals surface area contributed by atoms with Crippen molar-refractivity contribution in [1.82, 2.24) is 19.9 Å². The summed E-state index contributed by atoms with van der Waals surface area (Å²) in [5.41, 5.74) is 5.58. The molecule has 24 heteroatoms. The van der Waals surface area contributed by atoms with E-state index in [4.69, 9.17) is 47.9 Å². The van der Waals surface area contributed by atoms with Crippen LogP contribution in [0.4, 0.5) is 23.0 Å². The molecule has 0 bridgehead atoms. The molecule has 0 radical (unpaired) electrons. The van der Waals surface area contributed by atoms with Crippen LogP contribution in [0.1, 0.15) is 53.4 Å². The normalized spacial score (nSPS) is 24.2. The number of aromatic nitrogens is 4. The number of carbonyl (C=O) groups excluding carboxylic acids is 2. The summed E-state index contributed by atoms with van der Waals surface area (Å²) < 4.78 is 20.2. The number of aliphatic hydroxyl groups excluding tert-OH is 4. The van der Waals surface area contributed by atoms with E-state index in [1.807, 2.05) is 13.8 Å². The van der Waals surface area contributed by atoms with Crippen molar-refractivity contribution < 1.29 is 53.9 Å². The summed E-state index contributed by atoms with van der Waals surface area (Å²) in [6.07, 6.45) is -4.36. The van der Waals surface area contributed by atoms with E-state index in [2.05, 4.69) is 30.6 Å². The zero-order chi connectivity index (χ0) is 41.5. The molecular formula is C32H48Cl2N8O12S2. The summed E-state index contributed by atoms with van der Waals surface area (Å²) in [5, 5.41) is 58.7. The lowest BCUT2D eigenvalue weighted by atomic mass is 10.2. The number of esters is 2. The Morgan fingerprint density at radius 3 is 1.62 bits per heavy atom. The zero-order valence-corrected chi connectivity index (χ0v) is 34.3. The number of thioether (sulfide) groups is 2. The molecule has 2 aromatic rings. The van der Waals surface area contributed by atoms with Crippen molar-refractivity contribution in [2.45, 2.75) is 112 Å². The van der Waals surface area contributed by atoms with Crippen LogP contribution in [0.25, 0.3) is 0 Å². The molecule has 4 rings (SSSR count). The highest BCUT2D eigenvalue weighted by atomic mass is 35.5. The number of nitro groups is 1. The summed E-state index contributed by atoms with van der Waals surface area (Å²) in [6.45, 7) is 7.10. The molecule has 20 nitrogen and oxygen atoms in total. The second-order valence-corrected chi connectivity index (χ2v) is 15.1. The van der Waals surface area contributed by atoms with Crippen LogP contribution in [0.5, 0.6) is 0 Å². The lowest BCUT2D eigenvalue weighted by Gasteiger charge is -2.19. The van der Waals surface area contributed by atoms with Crippen molar-refractivity contribution in [3.05, 3.63) is 20.4 Å². The van der Waals surface area contributed by atoms with Gasteiger partial charge in [0, 0.05) is 11.5 Å². The van der Waals surface area contributed by atoms with Crippen LogP contribution in [0.2, 0.25) is 10.3 Å². The van der Waals surface area contributed by atoms with E-state index >= 15 is 0 Å². The van der Waals surface area contributed by atoms with E-state index in [0.29, 0.717) is 10.9 Å². The lowest BCUT2D eigenvalue weighted by Crippen LogP contribution is -2.37. The van der Waals surface area contributed by atoms with Gasteiger partial charge in [0.15, 0.2) is 21.3 Å². The molecule has 2 saturated carbocycles. The number of nitrogens with one attached hydrogen (secondary N) is 2. The van der Waals surface area contributed by atoms with Gasteiger partial charge in [0.25, 0.3) is 0 Å². The summed E-state index contributed by atoms with van der Waals surface area (Å²) in [6, 6.07) is -1.39. The van der Waals surface area contributed by atoms with Gasteiger partial charge in [0.1, 0.15) is 43.3 Å². The third-order valence-corrected chi connectivity index (χ3v) is 10.8. The summed E-state index contributed by atoms with van der Waals surface area (Å²) in [4.78, 5) is 50.1. The van der Waals surface area contributed by atoms with Crippen molar-refractivity contribution in [3.8, 4) is 0 Å². The Kier molecular flexibility index (Phi) is 19.7. The molecule has 8 atom stereocenters. The lowest BCUT2D eigenvalue weighted by molar-refractivity contribution is -0.384. The topological polar surface area (TPSA) is 297 Å². The number of hydrogen-bond donors (Lipinski definition) is 7. The number of aliphatic hydroxyl groups is 4. The number of ether oxygens (including phenoxy) is 4. The monoisotopic (exact) mass is 870 g/mol. The van der Waals surface area contributed by atoms with E-state index in [1.54, 1.807) is 13.8 Å². The highest BCUT2D eigenvalue weighted by molar-refractivity contribution is 7.99. The molecule has 2 fully saturated rings. The second-order valence-electron chi connectivity index (χ2n) is 12.3. The van der Waals surface area contributed by atoms with E-state index in [-0.39, 0.29) is 72.1 Å². The third-order valence-electron chi connectivity index (χ3n) is 8.10. The van der Waals surface area contributed by atoms with Crippen LogP contribution >= 0.6 is 46.7 Å². The van der Waals surface area contributed by atoms with Crippen LogP contribution in [0.15, 0.2) is 10.3 Å². The Balaban J connectivity index is 0.000000301. The van der Waals surface area contributed by atoms with Gasteiger partial charge in [-0.05, 0) is 39.5 Å². The van der Waals surface area contributed by atoms with E-state index in [0.717, 1.165) is 18.6 Å². The van der Waals surface area contributed by atoms with Gasteiger partial charge in [0.2, 0.25) is 11.0 Å². The van der Waals surface area contributed by atoms with Gasteiger partial charge in [-0.15, -0.1) is 0 Å². The standard InChI is InChI=1S/C16H23ClN4O7S.C16H25ClN4O5S/c1-3-5-29-16-19-14(17)11(21(25)26)15(20-16)18-8-6-9(13(24)12(8)23)28-7-10(22)27-4-2;1-3-5-27-16-20-14(17)11(18)15(21-16)19-8-6-9(13(24)12(8)23)26-7-10(22)25-4-2/h8-9,12-13,23-24H,3-7H2,1-2H3,(H,18,19,20);8-9,12-13,23-24H,3-7,18H2,1-2H3,(H,19,20,21)/t2*8-,9+,12+,13-/m11/s1. The number of carbonyl (C=O) groups is 2. The Hall–Kier alpha value is -3.06. The van der Waals surface area contributed by atoms with Crippen molar-refractivity contribution in [1.29, 1.82) is 0 Å². The average Bonchev–Trinajstić information content (AvgIpc) is 3.57. The van der Waals surface area contributed by atoms with Gasteiger partial charge in [-0.2, -0.15) is 4.98 Å². The van der Waals surface area contributed by atoms with Crippen molar-refractivity contribution >= 4 is 81.7 Å². The average molecular weight is 872 g/mol. The van der Waals surface area contributed by atoms with Crippen LogP contribution in [0.3, 0.4) is 0 Å². The molecule has 0 aromatic carbocycles. The molecule has 56 heavy (non-hydrogen) atoms. The largest absolute Gasteiger partial charge is 0.464 e. The first-order valence-electron chi connectivity index (χ1n) is 17.8. The maximum atomic E-state index is 11.4. The number of nitrogens with two attached hydrogens (primary N) is 1. The van der Waals surface area contributed by atoms with Gasteiger partial charge >= 0.3 is 17.6 Å². The molecule has 2 aliphatic rings. The maximum Gasteiger partial charge on any atom is 0.348 e. The quantitative estimate of drug-likeness (QED) is 0.0266. The van der Waals surface area contributed by atoms with Gasteiger partial charge in [-0.25, -0.2) is 24.5 Å². The van der Waals surface area contributed by atoms with Crippen molar-refractivity contribution in [2.75, 3.05) is 54.3 Å². The Bertz CT molecular complexity index is 1630. The fraction of sp³-hybridized carbons (Fsp3) is 0.688. The van der Waals surface area contributed by atoms with Gasteiger partial charge < -0.3 is 55.7 Å². The molecule has 0 spiro atoms. The number of rotatable bonds is 19. The van der Waals surface area contributed by atoms with Crippen LogP contribution in [-0.4, -0.2) is 144 Å². The number of nitrogens with zero attached hydrogens (tertiary/aromatic N) is 5. The molecule has 0 aliphatic heterocycles. The number of anilines is 3. The Morgan fingerprint density at radius 2 is 1.20 bits per heavy atom. The fourth-order valence-electron chi connectivity index (χ4n) is 5.42. The molecule has 0 amide bonds. The van der Waals surface area contributed by atoms with E-state index < -0.39 is 71.3 Å². The van der Waals surface area contributed by atoms with Crippen LogP contribution < -0.4 is 16.4 Å². The predicted octanol–water partition coefficient (Wildman–Crippen LogP) is 2.46. The molecule has 0 saturated heterocycles. The molecule has 8 N–H and O–H groups in total. The number of halogens is 2. The molecule has 2 aromatic heterocycles. The van der Waals surface area contributed by atoms with Crippen molar-refractivity contribution in [3.63, 3.8) is 0 Å².